The standard InChI is InChI=1S/C22H24N6O12S5/c23-20-18(27-25-14-1-5-16(6-2-14)42(29,30)11-9-39-44(33,34)35)13-19(41)21(24)22(20)28-26-15-3-7-17(8-4-15)43(31,32)12-10-40-45(36,37)38/h1-8,13,23-27H,9-12H2,(H,33,34,35)(H,36,37,38). The van der Waals surface area contributed by atoms with E-state index in [9.17, 15) is 33.7 Å². The summed E-state index contributed by atoms with van der Waals surface area (Å²) in [7, 11) is -17.5. The summed E-state index contributed by atoms with van der Waals surface area (Å²) >= 11 is 5.19. The predicted octanol–water partition coefficient (Wildman–Crippen LogP) is -0.196. The Morgan fingerprint density at radius 3 is 1.58 bits per heavy atom. The van der Waals surface area contributed by atoms with Gasteiger partial charge in [0.2, 0.25) is 0 Å². The van der Waals surface area contributed by atoms with Gasteiger partial charge in [-0.25, -0.2) is 25.2 Å². The van der Waals surface area contributed by atoms with Crippen LogP contribution in [0.1, 0.15) is 0 Å². The fourth-order valence-electron chi connectivity index (χ4n) is 3.33. The number of nitrogens with one attached hydrogen (secondary N) is 5. The van der Waals surface area contributed by atoms with Gasteiger partial charge >= 0.3 is 20.8 Å². The molecule has 0 radical (unpaired) electrons. The van der Waals surface area contributed by atoms with Crippen LogP contribution >= 0.6 is 12.2 Å². The summed E-state index contributed by atoms with van der Waals surface area (Å²) in [6, 6.07) is 11.6. The Balaban J connectivity index is 1.72. The Morgan fingerprint density at radius 1 is 0.689 bits per heavy atom. The summed E-state index contributed by atoms with van der Waals surface area (Å²) in [4.78, 5) is -0.320. The second-order valence-corrected chi connectivity index (χ2v) is 15.5. The number of anilines is 3. The zero-order chi connectivity index (χ0) is 33.6. The second kappa shape index (κ2) is 14.2. The van der Waals surface area contributed by atoms with E-state index >= 15 is 0 Å². The molecule has 0 aliphatic heterocycles. The smallest absolute Gasteiger partial charge is 0.301 e. The maximum absolute atomic E-state index is 12.3. The molecule has 244 valence electrons. The van der Waals surface area contributed by atoms with E-state index in [1.165, 1.54) is 54.6 Å². The van der Waals surface area contributed by atoms with Crippen molar-refractivity contribution in [3.63, 3.8) is 0 Å². The van der Waals surface area contributed by atoms with Crippen molar-refractivity contribution in [1.29, 1.82) is 10.8 Å². The molecule has 18 nitrogen and oxygen atoms in total. The summed E-state index contributed by atoms with van der Waals surface area (Å²) in [6.07, 6.45) is 0. The quantitative estimate of drug-likeness (QED) is 0.0607. The Hall–Kier alpha value is -3.68. The maximum atomic E-state index is 12.3. The van der Waals surface area contributed by atoms with E-state index in [2.05, 4.69) is 29.7 Å². The maximum Gasteiger partial charge on any atom is 0.397 e. The molecule has 0 amide bonds. The van der Waals surface area contributed by atoms with Crippen LogP contribution in [0.4, 0.5) is 17.1 Å². The topological polar surface area (TPSA) is 292 Å². The highest BCUT2D eigenvalue weighted by Crippen LogP contribution is 2.17. The highest BCUT2D eigenvalue weighted by atomic mass is 32.3. The number of hydrogen-bond acceptors (Lipinski definition) is 17. The number of rotatable bonds is 15. The van der Waals surface area contributed by atoms with Gasteiger partial charge in [0.1, 0.15) is 16.1 Å². The van der Waals surface area contributed by atoms with E-state index in [1.54, 1.807) is 0 Å². The minimum atomic E-state index is -4.79. The van der Waals surface area contributed by atoms with Crippen molar-refractivity contribution in [3.05, 3.63) is 75.2 Å². The van der Waals surface area contributed by atoms with Gasteiger partial charge < -0.3 is 5.43 Å². The molecule has 45 heavy (non-hydrogen) atoms. The molecule has 0 spiro atoms. The number of benzene rings is 3. The average Bonchev–Trinajstić information content (AvgIpc) is 2.93. The van der Waals surface area contributed by atoms with E-state index in [4.69, 9.17) is 32.1 Å². The third kappa shape index (κ3) is 10.7. The van der Waals surface area contributed by atoms with Gasteiger partial charge in [0.25, 0.3) is 0 Å². The first kappa shape index (κ1) is 35.8. The molecule has 7 N–H and O–H groups in total. The lowest BCUT2D eigenvalue weighted by atomic mass is 10.2. The van der Waals surface area contributed by atoms with Gasteiger partial charge in [0.15, 0.2) is 19.7 Å². The van der Waals surface area contributed by atoms with Gasteiger partial charge in [0.05, 0.1) is 56.1 Å². The molecule has 0 unspecified atom stereocenters. The van der Waals surface area contributed by atoms with Crippen LogP contribution in [-0.2, 0) is 48.8 Å². The highest BCUT2D eigenvalue weighted by molar-refractivity contribution is 7.91. The van der Waals surface area contributed by atoms with Crippen LogP contribution in [0.15, 0.2) is 69.5 Å². The van der Waals surface area contributed by atoms with Crippen LogP contribution in [0.25, 0.3) is 0 Å². The minimum Gasteiger partial charge on any atom is -0.301 e. The zero-order valence-corrected chi connectivity index (χ0v) is 26.6. The lowest BCUT2D eigenvalue weighted by molar-refractivity contribution is 0.282. The van der Waals surface area contributed by atoms with Gasteiger partial charge in [-0.2, -0.15) is 21.9 Å². The van der Waals surface area contributed by atoms with Gasteiger partial charge in [-0.3, -0.25) is 30.8 Å². The summed E-state index contributed by atoms with van der Waals surface area (Å²) in [5.41, 5.74) is 8.79. The molecule has 0 saturated carbocycles. The van der Waals surface area contributed by atoms with Gasteiger partial charge in [0, 0.05) is 0 Å². The molecule has 0 saturated heterocycles. The molecule has 0 aliphatic carbocycles. The van der Waals surface area contributed by atoms with Crippen molar-refractivity contribution in [1.82, 2.24) is 0 Å². The van der Waals surface area contributed by atoms with Crippen molar-refractivity contribution in [2.75, 3.05) is 41.0 Å². The van der Waals surface area contributed by atoms with E-state index in [-0.39, 0.29) is 41.7 Å². The third-order valence-corrected chi connectivity index (χ3v) is 10.1. The monoisotopic (exact) mass is 724 g/mol. The van der Waals surface area contributed by atoms with Gasteiger partial charge in [-0.05, 0) is 54.6 Å². The molecule has 3 aromatic rings. The van der Waals surface area contributed by atoms with Crippen molar-refractivity contribution in [2.45, 2.75) is 9.79 Å². The van der Waals surface area contributed by atoms with Crippen LogP contribution < -0.4 is 32.3 Å². The van der Waals surface area contributed by atoms with Crippen LogP contribution in [-0.4, -0.2) is 67.5 Å². The minimum absolute atomic E-state index is 0.0259. The van der Waals surface area contributed by atoms with Crippen LogP contribution in [0.3, 0.4) is 0 Å². The SMILES string of the molecule is N=c1c(NNc2ccc(S(=O)(=O)CCOS(=O)(=O)O)cc2)cc(=S)c(=N)c1=NNc1ccc(S(=O)(=O)CCOS(=O)(=O)O)cc1. The van der Waals surface area contributed by atoms with Crippen molar-refractivity contribution in [3.8, 4) is 0 Å². The molecule has 0 atom stereocenters. The Morgan fingerprint density at radius 2 is 1.13 bits per heavy atom. The number of sulfone groups is 2. The van der Waals surface area contributed by atoms with E-state index in [1.807, 2.05) is 0 Å². The average molecular weight is 725 g/mol. The van der Waals surface area contributed by atoms with Gasteiger partial charge in [-0.15, -0.1) is 0 Å². The molecule has 3 aromatic carbocycles. The molecule has 23 heteroatoms. The number of hydrogen-bond donors (Lipinski definition) is 7. The van der Waals surface area contributed by atoms with Gasteiger partial charge in [-0.1, -0.05) is 12.2 Å². The molecule has 0 bridgehead atoms. The van der Waals surface area contributed by atoms with Crippen LogP contribution in [0.2, 0.25) is 0 Å². The zero-order valence-electron chi connectivity index (χ0n) is 22.5. The normalized spacial score (nSPS) is 13.0. The third-order valence-electron chi connectivity index (χ3n) is 5.50. The predicted molar refractivity (Wildman–Crippen MR) is 160 cm³/mol. The van der Waals surface area contributed by atoms with E-state index in [0.717, 1.165) is 0 Å². The molecule has 0 fully saturated rings. The Bertz CT molecular complexity index is 2220. The van der Waals surface area contributed by atoms with E-state index in [0.29, 0.717) is 5.69 Å². The number of hydrazine groups is 1. The molecule has 0 aliphatic rings. The summed E-state index contributed by atoms with van der Waals surface area (Å²) in [5.74, 6) is -1.43. The lowest BCUT2D eigenvalue weighted by Gasteiger charge is -2.11. The fraction of sp³-hybridized carbons (Fsp3) is 0.182. The van der Waals surface area contributed by atoms with Crippen LogP contribution in [0.5, 0.6) is 0 Å². The van der Waals surface area contributed by atoms with Crippen molar-refractivity contribution < 1.29 is 51.1 Å². The summed E-state index contributed by atoms with van der Waals surface area (Å²) in [6.45, 7) is -1.57. The first-order valence-corrected chi connectivity index (χ1v) is 18.4. The van der Waals surface area contributed by atoms with Crippen molar-refractivity contribution >= 4 is 69.8 Å². The highest BCUT2D eigenvalue weighted by Gasteiger charge is 2.18. The second-order valence-electron chi connectivity index (χ2n) is 8.68. The summed E-state index contributed by atoms with van der Waals surface area (Å²) < 4.78 is 117. The first-order valence-electron chi connectivity index (χ1n) is 12.0. The van der Waals surface area contributed by atoms with E-state index < -0.39 is 65.2 Å². The fourth-order valence-corrected chi connectivity index (χ4v) is 6.52. The number of nitrogens with zero attached hydrogens (tertiary/aromatic N) is 1. The first-order chi connectivity index (χ1) is 20.8. The summed E-state index contributed by atoms with van der Waals surface area (Å²) in [5, 5.41) is 20.0. The Labute approximate surface area is 261 Å². The molecule has 0 aromatic heterocycles. The molecule has 3 rings (SSSR count). The largest absolute Gasteiger partial charge is 0.397 e. The molecular weight excluding hydrogens is 701 g/mol. The molecular formula is C22H24N6O12S5. The Kier molecular flexibility index (Phi) is 11.3. The van der Waals surface area contributed by atoms with Crippen molar-refractivity contribution in [2.24, 2.45) is 5.10 Å². The lowest BCUT2D eigenvalue weighted by Crippen LogP contribution is -2.42. The molecule has 0 heterocycles. The van der Waals surface area contributed by atoms with Crippen LogP contribution in [0, 0.1) is 15.3 Å².